The minimum Gasteiger partial charge on any atom is -0.488 e. The molecule has 9 nitrogen and oxygen atoms in total. The second kappa shape index (κ2) is 10.4. The molecule has 4 fully saturated rings. The highest BCUT2D eigenvalue weighted by Crippen LogP contribution is 2.41. The average Bonchev–Trinajstić information content (AvgIpc) is 3.58. The lowest BCUT2D eigenvalue weighted by atomic mass is 10.0. The summed E-state index contributed by atoms with van der Waals surface area (Å²) in [6.45, 7) is 8.69. The number of carbonyl (C=O) groups excluding carboxylic acids is 1. The maximum absolute atomic E-state index is 11.8. The number of amides is 1. The van der Waals surface area contributed by atoms with E-state index in [1.807, 2.05) is 12.5 Å². The average molecular weight is 531 g/mol. The van der Waals surface area contributed by atoms with Gasteiger partial charge in [-0.3, -0.25) is 14.7 Å². The predicted molar refractivity (Wildman–Crippen MR) is 150 cm³/mol. The van der Waals surface area contributed by atoms with E-state index in [-0.39, 0.29) is 17.9 Å². The Morgan fingerprint density at radius 2 is 1.85 bits per heavy atom. The van der Waals surface area contributed by atoms with Gasteiger partial charge in [-0.25, -0.2) is 4.98 Å². The number of hydrogen-bond donors (Lipinski definition) is 1. The van der Waals surface area contributed by atoms with Crippen molar-refractivity contribution in [3.8, 4) is 17.0 Å². The Hall–Kier alpha value is -3.17. The Labute approximate surface area is 229 Å². The number of nitrogens with zero attached hydrogens (tertiary/aromatic N) is 5. The van der Waals surface area contributed by atoms with Gasteiger partial charge in [-0.1, -0.05) is 0 Å². The van der Waals surface area contributed by atoms with Crippen molar-refractivity contribution in [2.45, 2.75) is 57.2 Å². The summed E-state index contributed by atoms with van der Waals surface area (Å²) >= 11 is 0. The molecule has 39 heavy (non-hydrogen) atoms. The van der Waals surface area contributed by atoms with Gasteiger partial charge in [-0.05, 0) is 56.9 Å². The van der Waals surface area contributed by atoms with Crippen molar-refractivity contribution in [3.63, 3.8) is 0 Å². The third kappa shape index (κ3) is 5.10. The summed E-state index contributed by atoms with van der Waals surface area (Å²) in [5.74, 6) is 1.10. The number of morpholine rings is 1. The highest BCUT2D eigenvalue weighted by Gasteiger charge is 2.31. The molecule has 2 aromatic heterocycles. The van der Waals surface area contributed by atoms with Crippen molar-refractivity contribution < 1.29 is 14.3 Å². The fourth-order valence-electron chi connectivity index (χ4n) is 6.43. The molecule has 3 aliphatic heterocycles. The van der Waals surface area contributed by atoms with Crippen molar-refractivity contribution in [1.29, 1.82) is 0 Å². The summed E-state index contributed by atoms with van der Waals surface area (Å²) in [7, 11) is 0. The number of ether oxygens (including phenoxy) is 2. The van der Waals surface area contributed by atoms with Crippen molar-refractivity contribution >= 4 is 22.6 Å². The van der Waals surface area contributed by atoms with Gasteiger partial charge >= 0.3 is 0 Å². The van der Waals surface area contributed by atoms with E-state index < -0.39 is 0 Å². The molecule has 1 N–H and O–H groups in total. The molecule has 206 valence electrons. The van der Waals surface area contributed by atoms with Crippen LogP contribution < -0.4 is 15.0 Å². The van der Waals surface area contributed by atoms with E-state index in [1.165, 1.54) is 31.4 Å². The predicted octanol–water partition coefficient (Wildman–Crippen LogP) is 3.64. The largest absolute Gasteiger partial charge is 0.488 e. The van der Waals surface area contributed by atoms with E-state index >= 15 is 0 Å². The lowest BCUT2D eigenvalue weighted by Crippen LogP contribution is -2.49. The number of rotatable bonds is 7. The molecule has 1 saturated carbocycles. The molecular formula is C30H38N6O3. The SMILES string of the molecule is C[C@@H](Oc1cc(-c2ccc(N3CCC(N4CCOCC4)CC3)cn2)cc2ncn(C3CC3)c12)C1CNC(=O)C1. The van der Waals surface area contributed by atoms with Gasteiger partial charge in [0.15, 0.2) is 0 Å². The summed E-state index contributed by atoms with van der Waals surface area (Å²) in [5, 5.41) is 2.94. The van der Waals surface area contributed by atoms with Crippen molar-refractivity contribution in [2.24, 2.45) is 5.92 Å². The van der Waals surface area contributed by atoms with E-state index in [2.05, 4.69) is 50.9 Å². The Balaban J connectivity index is 1.10. The highest BCUT2D eigenvalue weighted by atomic mass is 16.5. The number of nitrogens with one attached hydrogen (secondary N) is 1. The zero-order valence-electron chi connectivity index (χ0n) is 22.7. The van der Waals surface area contributed by atoms with Gasteiger partial charge in [0.05, 0.1) is 42.6 Å². The molecule has 4 aliphatic rings. The van der Waals surface area contributed by atoms with Gasteiger partial charge in [0, 0.05) is 62.7 Å². The molecule has 3 aromatic rings. The Kier molecular flexibility index (Phi) is 6.64. The summed E-state index contributed by atoms with van der Waals surface area (Å²) in [5.41, 5.74) is 5.08. The van der Waals surface area contributed by atoms with E-state index in [0.29, 0.717) is 25.0 Å². The van der Waals surface area contributed by atoms with Gasteiger partial charge in [0.25, 0.3) is 0 Å². The van der Waals surface area contributed by atoms with E-state index in [9.17, 15) is 4.79 Å². The number of imidazole rings is 1. The van der Waals surface area contributed by atoms with Crippen LogP contribution in [0.2, 0.25) is 0 Å². The molecule has 1 amide bonds. The van der Waals surface area contributed by atoms with Crippen LogP contribution in [0.3, 0.4) is 0 Å². The molecule has 0 spiro atoms. The molecule has 2 atom stereocenters. The zero-order chi connectivity index (χ0) is 26.3. The third-order valence-electron chi connectivity index (χ3n) is 9.00. The summed E-state index contributed by atoms with van der Waals surface area (Å²) in [6, 6.07) is 9.72. The molecule has 1 aliphatic carbocycles. The third-order valence-corrected chi connectivity index (χ3v) is 9.00. The lowest BCUT2D eigenvalue weighted by Gasteiger charge is -2.40. The topological polar surface area (TPSA) is 84.8 Å². The zero-order valence-corrected chi connectivity index (χ0v) is 22.7. The van der Waals surface area contributed by atoms with Crippen molar-refractivity contribution in [3.05, 3.63) is 36.8 Å². The van der Waals surface area contributed by atoms with Gasteiger partial charge in [-0.15, -0.1) is 0 Å². The molecule has 3 saturated heterocycles. The smallest absolute Gasteiger partial charge is 0.220 e. The molecule has 1 aromatic carbocycles. The van der Waals surface area contributed by atoms with Crippen LogP contribution in [-0.2, 0) is 9.53 Å². The second-order valence-electron chi connectivity index (χ2n) is 11.6. The lowest BCUT2D eigenvalue weighted by molar-refractivity contribution is -0.119. The van der Waals surface area contributed by atoms with Gasteiger partial charge < -0.3 is 24.3 Å². The Bertz CT molecular complexity index is 1320. The number of piperidine rings is 1. The number of carbonyl (C=O) groups is 1. The monoisotopic (exact) mass is 530 g/mol. The molecule has 1 unspecified atom stereocenters. The molecule has 7 rings (SSSR count). The molecular weight excluding hydrogens is 492 g/mol. The van der Waals surface area contributed by atoms with Crippen molar-refractivity contribution in [2.75, 3.05) is 50.8 Å². The standard InChI is InChI=1S/C30H38N6O3/c1-20(22-16-29(37)32-17-22)39-28-15-21(14-27-30(28)36(19-33-27)24-2-3-24)26-5-4-25(18-31-26)34-8-6-23(7-9-34)35-10-12-38-13-11-35/h4-5,14-15,18-20,22-24H,2-3,6-13,16-17H2,1H3,(H,32,37)/t20-,22?/m1/s1. The summed E-state index contributed by atoms with van der Waals surface area (Å²) in [4.78, 5) is 26.5. The van der Waals surface area contributed by atoms with Crippen LogP contribution in [0.15, 0.2) is 36.8 Å². The Morgan fingerprint density at radius 1 is 1.03 bits per heavy atom. The number of fused-ring (bicyclic) bond motifs is 1. The van der Waals surface area contributed by atoms with E-state index in [1.54, 1.807) is 0 Å². The molecule has 9 heteroatoms. The molecule has 0 radical (unpaired) electrons. The van der Waals surface area contributed by atoms with Crippen molar-refractivity contribution in [1.82, 2.24) is 24.8 Å². The summed E-state index contributed by atoms with van der Waals surface area (Å²) < 4.78 is 14.4. The maximum Gasteiger partial charge on any atom is 0.220 e. The first-order chi connectivity index (χ1) is 19.1. The summed E-state index contributed by atoms with van der Waals surface area (Å²) in [6.07, 6.45) is 9.11. The van der Waals surface area contributed by atoms with E-state index in [4.69, 9.17) is 19.4 Å². The minimum atomic E-state index is -0.0827. The van der Waals surface area contributed by atoms with Gasteiger partial charge in [0.2, 0.25) is 5.91 Å². The number of aromatic nitrogens is 3. The molecule has 0 bridgehead atoms. The van der Waals surface area contributed by atoms with E-state index in [0.717, 1.165) is 67.4 Å². The number of anilines is 1. The fraction of sp³-hybridized carbons (Fsp3) is 0.567. The first kappa shape index (κ1) is 24.8. The number of benzene rings is 1. The van der Waals surface area contributed by atoms with Crippen LogP contribution in [0.4, 0.5) is 5.69 Å². The second-order valence-corrected chi connectivity index (χ2v) is 11.6. The quantitative estimate of drug-likeness (QED) is 0.499. The first-order valence-electron chi connectivity index (χ1n) is 14.6. The van der Waals surface area contributed by atoms with Crippen LogP contribution >= 0.6 is 0 Å². The van der Waals surface area contributed by atoms with Crippen LogP contribution in [-0.4, -0.2) is 83.4 Å². The van der Waals surface area contributed by atoms with Gasteiger partial charge in [0.1, 0.15) is 17.4 Å². The van der Waals surface area contributed by atoms with Crippen LogP contribution in [0.25, 0.3) is 22.3 Å². The normalized spacial score (nSPS) is 23.8. The fourth-order valence-corrected chi connectivity index (χ4v) is 6.43. The first-order valence-corrected chi connectivity index (χ1v) is 14.6. The minimum absolute atomic E-state index is 0.0827. The highest BCUT2D eigenvalue weighted by molar-refractivity contribution is 5.88. The number of pyridine rings is 1. The number of hydrogen-bond acceptors (Lipinski definition) is 7. The van der Waals surface area contributed by atoms with Gasteiger partial charge in [-0.2, -0.15) is 0 Å². The Morgan fingerprint density at radius 3 is 2.54 bits per heavy atom. The van der Waals surface area contributed by atoms with Crippen LogP contribution in [0.1, 0.15) is 45.1 Å². The molecule has 5 heterocycles. The van der Waals surface area contributed by atoms with Crippen LogP contribution in [0, 0.1) is 5.92 Å². The van der Waals surface area contributed by atoms with Crippen LogP contribution in [0.5, 0.6) is 5.75 Å². The maximum atomic E-state index is 11.8.